The van der Waals surface area contributed by atoms with E-state index < -0.39 is 22.4 Å². The predicted molar refractivity (Wildman–Crippen MR) is 123 cm³/mol. The maximum atomic E-state index is 10.1. The summed E-state index contributed by atoms with van der Waals surface area (Å²) >= 11 is 0. The summed E-state index contributed by atoms with van der Waals surface area (Å²) < 4.78 is 26.5. The molecule has 1 saturated carbocycles. The van der Waals surface area contributed by atoms with Gasteiger partial charge in [-0.25, -0.2) is 0 Å². The molecule has 0 bridgehead atoms. The summed E-state index contributed by atoms with van der Waals surface area (Å²) in [5.41, 5.74) is 0. The third-order valence-electron chi connectivity index (χ3n) is 7.58. The molecule has 0 aromatic carbocycles. The second-order valence-electron chi connectivity index (χ2n) is 12.5. The highest BCUT2D eigenvalue weighted by Gasteiger charge is 2.58. The minimum Gasteiger partial charge on any atom is -0.411 e. The van der Waals surface area contributed by atoms with E-state index in [0.717, 1.165) is 6.42 Å². The molecule has 7 heteroatoms. The van der Waals surface area contributed by atoms with Gasteiger partial charge in [-0.1, -0.05) is 41.5 Å². The van der Waals surface area contributed by atoms with Crippen molar-refractivity contribution < 1.29 is 23.4 Å². The molecule has 29 heavy (non-hydrogen) atoms. The van der Waals surface area contributed by atoms with Crippen molar-refractivity contribution in [3.63, 3.8) is 0 Å². The standard InChI is InChI=1S/C22H46O5Si2/c1-20(2,3)28(9,10)26-16-13-15(14-23)17-19(25-22(7,8)24-17)18(16)27-29(11,12)21(4,5)6/h15-19,23H,13-14H2,1-12H3/t15-,16-,17+,18+,19+/m0/s1. The number of hydrogen-bond donors (Lipinski definition) is 1. The van der Waals surface area contributed by atoms with Gasteiger partial charge in [0.1, 0.15) is 6.10 Å². The molecule has 0 spiro atoms. The molecule has 1 heterocycles. The largest absolute Gasteiger partial charge is 0.411 e. The molecule has 1 N–H and O–H groups in total. The topological polar surface area (TPSA) is 57.2 Å². The maximum Gasteiger partial charge on any atom is 0.192 e. The minimum atomic E-state index is -2.06. The number of ether oxygens (including phenoxy) is 2. The van der Waals surface area contributed by atoms with Crippen LogP contribution in [0.15, 0.2) is 0 Å². The van der Waals surface area contributed by atoms with Gasteiger partial charge in [0.05, 0.1) is 18.3 Å². The lowest BCUT2D eigenvalue weighted by molar-refractivity contribution is -0.157. The number of fused-ring (bicyclic) bond motifs is 1. The molecule has 0 aromatic rings. The Morgan fingerprint density at radius 1 is 0.862 bits per heavy atom. The van der Waals surface area contributed by atoms with Gasteiger partial charge >= 0.3 is 0 Å². The summed E-state index contributed by atoms with van der Waals surface area (Å²) in [6.07, 6.45) is 0.0763. The Balaban J connectivity index is 2.42. The van der Waals surface area contributed by atoms with Crippen LogP contribution in [0, 0.1) is 5.92 Å². The van der Waals surface area contributed by atoms with Crippen LogP contribution in [0.2, 0.25) is 36.3 Å². The number of rotatable bonds is 5. The molecular weight excluding hydrogens is 400 g/mol. The Bertz CT molecular complexity index is 577. The van der Waals surface area contributed by atoms with E-state index in [1.165, 1.54) is 0 Å². The van der Waals surface area contributed by atoms with Crippen LogP contribution in [0.25, 0.3) is 0 Å². The molecule has 1 aliphatic carbocycles. The lowest BCUT2D eigenvalue weighted by Crippen LogP contribution is -2.61. The molecular formula is C22H46O5Si2. The first kappa shape index (κ1) is 25.5. The Morgan fingerprint density at radius 3 is 1.76 bits per heavy atom. The Morgan fingerprint density at radius 2 is 1.31 bits per heavy atom. The van der Waals surface area contributed by atoms with E-state index >= 15 is 0 Å². The monoisotopic (exact) mass is 446 g/mol. The second kappa shape index (κ2) is 7.98. The van der Waals surface area contributed by atoms with Crippen molar-refractivity contribution in [3.8, 4) is 0 Å². The zero-order chi connectivity index (χ0) is 22.6. The van der Waals surface area contributed by atoms with Crippen LogP contribution in [0.5, 0.6) is 0 Å². The average molecular weight is 447 g/mol. The molecule has 0 unspecified atom stereocenters. The van der Waals surface area contributed by atoms with Gasteiger partial charge in [-0.05, 0) is 56.5 Å². The van der Waals surface area contributed by atoms with E-state index in [9.17, 15) is 5.11 Å². The van der Waals surface area contributed by atoms with E-state index in [-0.39, 0.29) is 47.0 Å². The van der Waals surface area contributed by atoms with Crippen molar-refractivity contribution in [1.82, 2.24) is 0 Å². The highest BCUT2D eigenvalue weighted by atomic mass is 28.4. The first-order valence-corrected chi connectivity index (χ1v) is 17.0. The molecule has 2 fully saturated rings. The van der Waals surface area contributed by atoms with Crippen LogP contribution < -0.4 is 0 Å². The fraction of sp³-hybridized carbons (Fsp3) is 1.00. The normalized spacial score (nSPS) is 33.6. The van der Waals surface area contributed by atoms with Crippen molar-refractivity contribution in [2.24, 2.45) is 5.92 Å². The van der Waals surface area contributed by atoms with Crippen molar-refractivity contribution in [2.75, 3.05) is 6.61 Å². The van der Waals surface area contributed by atoms with Crippen molar-refractivity contribution >= 4 is 16.6 Å². The van der Waals surface area contributed by atoms with Crippen LogP contribution in [-0.2, 0) is 18.3 Å². The van der Waals surface area contributed by atoms with Crippen LogP contribution in [0.4, 0.5) is 0 Å². The fourth-order valence-corrected chi connectivity index (χ4v) is 6.38. The SMILES string of the molecule is CC1(C)O[C@@H]2[C@H](O1)[C@H](CO)C[C@H](O[Si](C)(C)C(C)(C)C)[C@H]2O[Si](C)(C)C(C)(C)C. The summed E-state index contributed by atoms with van der Waals surface area (Å²) in [5, 5.41) is 10.3. The van der Waals surface area contributed by atoms with E-state index in [4.69, 9.17) is 18.3 Å². The Hall–Kier alpha value is 0.234. The minimum absolute atomic E-state index is 0.00388. The highest BCUT2D eigenvalue weighted by molar-refractivity contribution is 6.74. The third-order valence-corrected chi connectivity index (χ3v) is 16.6. The molecule has 172 valence electrons. The predicted octanol–water partition coefficient (Wildman–Crippen LogP) is 5.30. The van der Waals surface area contributed by atoms with E-state index in [0.29, 0.717) is 0 Å². The molecule has 0 amide bonds. The summed E-state index contributed by atoms with van der Waals surface area (Å²) in [4.78, 5) is 0. The summed E-state index contributed by atoms with van der Waals surface area (Å²) in [5.74, 6) is -0.681. The summed E-state index contributed by atoms with van der Waals surface area (Å²) in [7, 11) is -4.08. The maximum absolute atomic E-state index is 10.1. The molecule has 1 saturated heterocycles. The smallest absolute Gasteiger partial charge is 0.192 e. The van der Waals surface area contributed by atoms with Gasteiger partial charge in [0.25, 0.3) is 0 Å². The fourth-order valence-electron chi connectivity index (χ4n) is 3.72. The zero-order valence-corrected chi connectivity index (χ0v) is 22.9. The molecule has 2 rings (SSSR count). The summed E-state index contributed by atoms with van der Waals surface area (Å²) in [6, 6.07) is 0. The Kier molecular flexibility index (Phi) is 7.01. The van der Waals surface area contributed by atoms with Gasteiger partial charge in [-0.2, -0.15) is 0 Å². The molecule has 0 radical (unpaired) electrons. The van der Waals surface area contributed by atoms with Crippen LogP contribution in [-0.4, -0.2) is 58.6 Å². The third kappa shape index (κ3) is 5.36. The first-order chi connectivity index (χ1) is 12.8. The van der Waals surface area contributed by atoms with Gasteiger partial charge < -0.3 is 23.4 Å². The van der Waals surface area contributed by atoms with E-state index in [1.807, 2.05) is 13.8 Å². The highest BCUT2D eigenvalue weighted by Crippen LogP contribution is 2.47. The second-order valence-corrected chi connectivity index (χ2v) is 22.0. The quantitative estimate of drug-likeness (QED) is 0.581. The van der Waals surface area contributed by atoms with Crippen molar-refractivity contribution in [3.05, 3.63) is 0 Å². The zero-order valence-electron chi connectivity index (χ0n) is 20.9. The molecule has 5 atom stereocenters. The lowest BCUT2D eigenvalue weighted by atomic mass is 9.81. The summed E-state index contributed by atoms with van der Waals surface area (Å²) in [6.45, 7) is 26.7. The first-order valence-electron chi connectivity index (χ1n) is 11.1. The molecule has 2 aliphatic rings. The van der Waals surface area contributed by atoms with Crippen molar-refractivity contribution in [2.45, 2.75) is 128 Å². The van der Waals surface area contributed by atoms with E-state index in [2.05, 4.69) is 67.7 Å². The van der Waals surface area contributed by atoms with Crippen LogP contribution in [0.3, 0.4) is 0 Å². The average Bonchev–Trinajstić information content (AvgIpc) is 2.82. The van der Waals surface area contributed by atoms with Gasteiger partial charge in [0, 0.05) is 12.5 Å². The van der Waals surface area contributed by atoms with Crippen LogP contribution in [0.1, 0.15) is 61.8 Å². The van der Waals surface area contributed by atoms with Gasteiger partial charge in [0.2, 0.25) is 0 Å². The van der Waals surface area contributed by atoms with Gasteiger partial charge in [0.15, 0.2) is 22.4 Å². The van der Waals surface area contributed by atoms with Gasteiger partial charge in [-0.3, -0.25) is 0 Å². The number of hydrogen-bond acceptors (Lipinski definition) is 5. The molecule has 1 aliphatic heterocycles. The van der Waals surface area contributed by atoms with Gasteiger partial charge in [-0.15, -0.1) is 0 Å². The molecule has 5 nitrogen and oxygen atoms in total. The van der Waals surface area contributed by atoms with E-state index in [1.54, 1.807) is 0 Å². The Labute approximate surface area is 181 Å². The van der Waals surface area contributed by atoms with Crippen molar-refractivity contribution in [1.29, 1.82) is 0 Å². The molecule has 0 aromatic heterocycles. The number of aliphatic hydroxyl groups is 1. The van der Waals surface area contributed by atoms with Crippen LogP contribution >= 0.6 is 0 Å². The lowest BCUT2D eigenvalue weighted by Gasteiger charge is -2.50. The number of aliphatic hydroxyl groups excluding tert-OH is 1.